The van der Waals surface area contributed by atoms with E-state index >= 15 is 0 Å². The van der Waals surface area contributed by atoms with Crippen molar-refractivity contribution >= 4 is 29.3 Å². The van der Waals surface area contributed by atoms with Crippen LogP contribution < -0.4 is 5.32 Å². The van der Waals surface area contributed by atoms with E-state index in [1.54, 1.807) is 11.8 Å². The Labute approximate surface area is 147 Å². The highest BCUT2D eigenvalue weighted by molar-refractivity contribution is 7.99. The summed E-state index contributed by atoms with van der Waals surface area (Å²) >= 11 is 7.52. The molecule has 1 atom stereocenters. The molecule has 0 bridgehead atoms. The maximum atomic E-state index is 12.0. The van der Waals surface area contributed by atoms with Gasteiger partial charge in [-0.05, 0) is 48.7 Å². The Hall–Kier alpha value is -1.45. The lowest BCUT2D eigenvalue weighted by Gasteiger charge is -2.14. The van der Waals surface area contributed by atoms with Gasteiger partial charge in [-0.3, -0.25) is 4.79 Å². The molecule has 0 aliphatic heterocycles. The van der Waals surface area contributed by atoms with Crippen LogP contribution in [0, 0.1) is 0 Å². The molecule has 0 fully saturated rings. The quantitative estimate of drug-likeness (QED) is 0.692. The number of amides is 1. The molecule has 2 rings (SSSR count). The molecule has 0 saturated carbocycles. The van der Waals surface area contributed by atoms with Crippen LogP contribution >= 0.6 is 23.4 Å². The molecule has 2 aromatic carbocycles. The predicted molar refractivity (Wildman–Crippen MR) is 99.2 cm³/mol. The molecule has 0 aliphatic carbocycles. The fraction of sp³-hybridized carbons (Fsp3) is 0.316. The summed E-state index contributed by atoms with van der Waals surface area (Å²) in [6, 6.07) is 16.1. The summed E-state index contributed by atoms with van der Waals surface area (Å²) in [5, 5.41) is 3.79. The van der Waals surface area contributed by atoms with Gasteiger partial charge in [-0.1, -0.05) is 42.8 Å². The predicted octanol–water partition coefficient (Wildman–Crippen LogP) is 5.26. The number of hydrogen-bond donors (Lipinski definition) is 1. The minimum atomic E-state index is 0.0361. The highest BCUT2D eigenvalue weighted by Crippen LogP contribution is 2.21. The van der Waals surface area contributed by atoms with Gasteiger partial charge in [0.2, 0.25) is 5.91 Å². The van der Waals surface area contributed by atoms with E-state index in [9.17, 15) is 4.79 Å². The zero-order chi connectivity index (χ0) is 16.7. The van der Waals surface area contributed by atoms with Crippen molar-refractivity contribution in [2.45, 2.75) is 37.6 Å². The number of rotatable bonds is 7. The van der Waals surface area contributed by atoms with Gasteiger partial charge in [0.05, 0.1) is 6.04 Å². The van der Waals surface area contributed by atoms with Crippen molar-refractivity contribution in [3.8, 4) is 0 Å². The van der Waals surface area contributed by atoms with Crippen LogP contribution in [0.25, 0.3) is 0 Å². The van der Waals surface area contributed by atoms with E-state index < -0.39 is 0 Å². The highest BCUT2D eigenvalue weighted by atomic mass is 35.5. The van der Waals surface area contributed by atoms with Gasteiger partial charge in [-0.25, -0.2) is 0 Å². The minimum absolute atomic E-state index is 0.0361. The first-order chi connectivity index (χ1) is 11.1. The zero-order valence-electron chi connectivity index (χ0n) is 13.5. The van der Waals surface area contributed by atoms with Crippen LogP contribution in [0.5, 0.6) is 0 Å². The number of aryl methyl sites for hydroxylation is 1. The fourth-order valence-corrected chi connectivity index (χ4v) is 3.21. The summed E-state index contributed by atoms with van der Waals surface area (Å²) in [6.07, 6.45) is 1.54. The lowest BCUT2D eigenvalue weighted by atomic mass is 10.0. The lowest BCUT2D eigenvalue weighted by molar-refractivity contribution is -0.121. The molecule has 0 aliphatic rings. The number of hydrogen-bond acceptors (Lipinski definition) is 2. The molecule has 2 nitrogen and oxygen atoms in total. The Morgan fingerprint density at radius 3 is 2.39 bits per heavy atom. The van der Waals surface area contributed by atoms with Crippen LogP contribution in [-0.4, -0.2) is 11.7 Å². The average molecular weight is 348 g/mol. The van der Waals surface area contributed by atoms with E-state index in [2.05, 4.69) is 36.5 Å². The Morgan fingerprint density at radius 2 is 1.78 bits per heavy atom. The molecular weight excluding hydrogens is 326 g/mol. The number of nitrogens with one attached hydrogen (secondary N) is 1. The van der Waals surface area contributed by atoms with Gasteiger partial charge in [0.1, 0.15) is 0 Å². The molecule has 1 amide bonds. The Bertz CT molecular complexity index is 625. The van der Waals surface area contributed by atoms with Gasteiger partial charge in [-0.2, -0.15) is 0 Å². The first-order valence-corrected chi connectivity index (χ1v) is 9.21. The smallest absolute Gasteiger partial charge is 0.221 e. The van der Waals surface area contributed by atoms with E-state index in [4.69, 9.17) is 11.6 Å². The third-order valence-corrected chi connectivity index (χ3v) is 4.94. The number of carbonyl (C=O) groups excluding carboxylic acids is 1. The SMILES string of the molecule is CCc1ccc([C@H](C)NC(=O)CCSc2ccc(Cl)cc2)cc1. The second kappa shape index (κ2) is 8.99. The molecule has 0 aromatic heterocycles. The fourth-order valence-electron chi connectivity index (χ4n) is 2.23. The van der Waals surface area contributed by atoms with Crippen molar-refractivity contribution in [1.29, 1.82) is 0 Å². The summed E-state index contributed by atoms with van der Waals surface area (Å²) < 4.78 is 0. The molecule has 0 radical (unpaired) electrons. The highest BCUT2D eigenvalue weighted by Gasteiger charge is 2.09. The van der Waals surface area contributed by atoms with Crippen LogP contribution in [0.4, 0.5) is 0 Å². The average Bonchev–Trinajstić information content (AvgIpc) is 2.56. The number of halogens is 1. The van der Waals surface area contributed by atoms with E-state index in [1.807, 2.05) is 31.2 Å². The molecule has 0 saturated heterocycles. The van der Waals surface area contributed by atoms with Crippen LogP contribution in [0.1, 0.15) is 37.4 Å². The zero-order valence-corrected chi connectivity index (χ0v) is 15.1. The van der Waals surface area contributed by atoms with Gasteiger partial charge < -0.3 is 5.32 Å². The van der Waals surface area contributed by atoms with E-state index in [1.165, 1.54) is 5.56 Å². The summed E-state index contributed by atoms with van der Waals surface area (Å²) in [4.78, 5) is 13.2. The summed E-state index contributed by atoms with van der Waals surface area (Å²) in [5.41, 5.74) is 2.45. The van der Waals surface area contributed by atoms with Crippen molar-refractivity contribution in [2.24, 2.45) is 0 Å². The Morgan fingerprint density at radius 1 is 1.13 bits per heavy atom. The van der Waals surface area contributed by atoms with Crippen LogP contribution in [0.3, 0.4) is 0 Å². The first-order valence-electron chi connectivity index (χ1n) is 7.85. The third kappa shape index (κ3) is 5.92. The molecule has 0 heterocycles. The van der Waals surface area contributed by atoms with Gasteiger partial charge in [0.15, 0.2) is 0 Å². The second-order valence-corrected chi connectivity index (χ2v) is 7.04. The molecule has 23 heavy (non-hydrogen) atoms. The van der Waals surface area contributed by atoms with Crippen molar-refractivity contribution in [2.75, 3.05) is 5.75 Å². The van der Waals surface area contributed by atoms with Crippen molar-refractivity contribution < 1.29 is 4.79 Å². The van der Waals surface area contributed by atoms with Crippen LogP contribution in [0.2, 0.25) is 5.02 Å². The lowest BCUT2D eigenvalue weighted by Crippen LogP contribution is -2.26. The number of benzene rings is 2. The molecule has 0 spiro atoms. The molecule has 4 heteroatoms. The standard InChI is InChI=1S/C19H22ClNOS/c1-3-15-4-6-16(7-5-15)14(2)21-19(22)12-13-23-18-10-8-17(20)9-11-18/h4-11,14H,3,12-13H2,1-2H3,(H,21,22)/t14-/m0/s1. The topological polar surface area (TPSA) is 29.1 Å². The van der Waals surface area contributed by atoms with Gasteiger partial charge in [0, 0.05) is 22.1 Å². The normalized spacial score (nSPS) is 12.0. The van der Waals surface area contributed by atoms with E-state index in [0.717, 1.165) is 27.7 Å². The van der Waals surface area contributed by atoms with Gasteiger partial charge in [0.25, 0.3) is 0 Å². The Kier molecular flexibility index (Phi) is 7.00. The maximum absolute atomic E-state index is 12.0. The molecule has 1 N–H and O–H groups in total. The van der Waals surface area contributed by atoms with Crippen molar-refractivity contribution in [1.82, 2.24) is 5.32 Å². The number of carbonyl (C=O) groups is 1. The van der Waals surface area contributed by atoms with Gasteiger partial charge in [-0.15, -0.1) is 11.8 Å². The summed E-state index contributed by atoms with van der Waals surface area (Å²) in [7, 11) is 0. The molecular formula is C19H22ClNOS. The van der Waals surface area contributed by atoms with Crippen LogP contribution in [-0.2, 0) is 11.2 Å². The second-order valence-electron chi connectivity index (χ2n) is 5.44. The first kappa shape index (κ1) is 17.9. The molecule has 2 aromatic rings. The van der Waals surface area contributed by atoms with Crippen LogP contribution in [0.15, 0.2) is 53.4 Å². The van der Waals surface area contributed by atoms with Crippen molar-refractivity contribution in [3.05, 3.63) is 64.7 Å². The van der Waals surface area contributed by atoms with E-state index in [-0.39, 0.29) is 11.9 Å². The largest absolute Gasteiger partial charge is 0.350 e. The summed E-state index contributed by atoms with van der Waals surface area (Å²) in [5.74, 6) is 0.841. The Balaban J connectivity index is 1.76. The maximum Gasteiger partial charge on any atom is 0.221 e. The monoisotopic (exact) mass is 347 g/mol. The summed E-state index contributed by atoms with van der Waals surface area (Å²) in [6.45, 7) is 4.16. The minimum Gasteiger partial charge on any atom is -0.350 e. The number of thioether (sulfide) groups is 1. The third-order valence-electron chi connectivity index (χ3n) is 3.68. The van der Waals surface area contributed by atoms with Crippen molar-refractivity contribution in [3.63, 3.8) is 0 Å². The molecule has 0 unspecified atom stereocenters. The van der Waals surface area contributed by atoms with E-state index in [0.29, 0.717) is 6.42 Å². The molecule has 122 valence electrons. The van der Waals surface area contributed by atoms with Gasteiger partial charge >= 0.3 is 0 Å².